The lowest BCUT2D eigenvalue weighted by molar-refractivity contribution is 0.289. The molecular weight excluding hydrogens is 164 g/mol. The van der Waals surface area contributed by atoms with Crippen LogP contribution in [0.1, 0.15) is 20.3 Å². The molecule has 0 amide bonds. The van der Waals surface area contributed by atoms with Gasteiger partial charge in [-0.15, -0.1) is 0 Å². The number of hydrogen-bond donors (Lipinski definition) is 1. The second-order valence-corrected chi connectivity index (χ2v) is 3.45. The van der Waals surface area contributed by atoms with Crippen LogP contribution in [0.25, 0.3) is 0 Å². The summed E-state index contributed by atoms with van der Waals surface area (Å²) in [5, 5.41) is 0. The third-order valence-electron chi connectivity index (χ3n) is 1.72. The molecule has 0 bridgehead atoms. The first-order valence-corrected chi connectivity index (χ1v) is 4.53. The lowest BCUT2D eigenvalue weighted by Gasteiger charge is -2.07. The molecule has 1 aromatic rings. The van der Waals surface area contributed by atoms with Crippen molar-refractivity contribution in [3.63, 3.8) is 0 Å². The molecule has 1 rings (SSSR count). The zero-order valence-electron chi connectivity index (χ0n) is 8.16. The average molecular weight is 180 g/mol. The van der Waals surface area contributed by atoms with Gasteiger partial charge in [0.1, 0.15) is 11.6 Å². The van der Waals surface area contributed by atoms with E-state index in [0.717, 1.165) is 18.8 Å². The molecule has 3 heteroatoms. The van der Waals surface area contributed by atoms with Crippen molar-refractivity contribution in [1.29, 1.82) is 0 Å². The summed E-state index contributed by atoms with van der Waals surface area (Å²) in [5.74, 6) is 1.97. The highest BCUT2D eigenvalue weighted by Crippen LogP contribution is 2.12. The fourth-order valence-electron chi connectivity index (χ4n) is 0.930. The maximum Gasteiger partial charge on any atom is 0.126 e. The second kappa shape index (κ2) is 4.70. The van der Waals surface area contributed by atoms with Gasteiger partial charge in [-0.2, -0.15) is 0 Å². The summed E-state index contributed by atoms with van der Waals surface area (Å²) in [6.07, 6.45) is 2.71. The van der Waals surface area contributed by atoms with Crippen LogP contribution in [-0.4, -0.2) is 11.6 Å². The van der Waals surface area contributed by atoms with Crippen LogP contribution in [0.2, 0.25) is 0 Å². The summed E-state index contributed by atoms with van der Waals surface area (Å²) in [5.41, 5.74) is 5.50. The van der Waals surface area contributed by atoms with Gasteiger partial charge in [0, 0.05) is 12.3 Å². The fraction of sp³-hybridized carbons (Fsp3) is 0.500. The van der Waals surface area contributed by atoms with Gasteiger partial charge in [0.25, 0.3) is 0 Å². The highest BCUT2D eigenvalue weighted by molar-refractivity contribution is 5.35. The van der Waals surface area contributed by atoms with E-state index in [1.54, 1.807) is 12.3 Å². The van der Waals surface area contributed by atoms with Gasteiger partial charge >= 0.3 is 0 Å². The largest absolute Gasteiger partial charge is 0.493 e. The van der Waals surface area contributed by atoms with Crippen LogP contribution in [0, 0.1) is 5.92 Å². The molecule has 0 spiro atoms. The lowest BCUT2D eigenvalue weighted by Crippen LogP contribution is -2.01. The molecule has 0 fully saturated rings. The highest BCUT2D eigenvalue weighted by atomic mass is 16.5. The molecule has 1 heterocycles. The Kier molecular flexibility index (Phi) is 3.55. The topological polar surface area (TPSA) is 48.1 Å². The van der Waals surface area contributed by atoms with Gasteiger partial charge in [0.2, 0.25) is 0 Å². The number of nitrogens with zero attached hydrogens (tertiary/aromatic N) is 1. The van der Waals surface area contributed by atoms with Crippen molar-refractivity contribution in [3.8, 4) is 5.75 Å². The first kappa shape index (κ1) is 9.84. The molecule has 3 nitrogen and oxygen atoms in total. The van der Waals surface area contributed by atoms with Crippen LogP contribution < -0.4 is 10.5 Å². The number of rotatable bonds is 4. The summed E-state index contributed by atoms with van der Waals surface area (Å²) in [6, 6.07) is 3.55. The smallest absolute Gasteiger partial charge is 0.126 e. The molecule has 0 aromatic carbocycles. The molecule has 0 saturated heterocycles. The zero-order chi connectivity index (χ0) is 9.68. The standard InChI is InChI=1S/C10H16N2O/c1-8(2)4-6-13-9-3-5-12-10(11)7-9/h3,5,7-8H,4,6H2,1-2H3,(H2,11,12). The maximum atomic E-state index is 5.50. The SMILES string of the molecule is CC(C)CCOc1ccnc(N)c1. The van der Waals surface area contributed by atoms with Crippen molar-refractivity contribution in [3.05, 3.63) is 18.3 Å². The third-order valence-corrected chi connectivity index (χ3v) is 1.72. The predicted octanol–water partition coefficient (Wildman–Crippen LogP) is 2.09. The van der Waals surface area contributed by atoms with Crippen LogP contribution in [0.3, 0.4) is 0 Å². The van der Waals surface area contributed by atoms with Gasteiger partial charge in [-0.05, 0) is 18.4 Å². The van der Waals surface area contributed by atoms with E-state index >= 15 is 0 Å². The van der Waals surface area contributed by atoms with Crippen LogP contribution in [0.15, 0.2) is 18.3 Å². The van der Waals surface area contributed by atoms with Crippen molar-refractivity contribution in [1.82, 2.24) is 4.98 Å². The minimum absolute atomic E-state index is 0.502. The van der Waals surface area contributed by atoms with E-state index in [1.165, 1.54) is 0 Å². The van der Waals surface area contributed by atoms with Gasteiger partial charge < -0.3 is 10.5 Å². The molecule has 0 aliphatic rings. The zero-order valence-corrected chi connectivity index (χ0v) is 8.16. The van der Waals surface area contributed by atoms with Gasteiger partial charge in [-0.1, -0.05) is 13.8 Å². The molecular formula is C10H16N2O. The Bertz CT molecular complexity index is 261. The lowest BCUT2D eigenvalue weighted by atomic mass is 10.1. The van der Waals surface area contributed by atoms with E-state index in [0.29, 0.717) is 11.7 Å². The molecule has 0 saturated carbocycles. The van der Waals surface area contributed by atoms with Crippen molar-refractivity contribution in [2.45, 2.75) is 20.3 Å². The van der Waals surface area contributed by atoms with Gasteiger partial charge in [-0.25, -0.2) is 4.98 Å². The highest BCUT2D eigenvalue weighted by Gasteiger charge is 1.96. The molecule has 0 atom stereocenters. The number of nitrogens with two attached hydrogens (primary N) is 1. The van der Waals surface area contributed by atoms with Crippen LogP contribution in [0.5, 0.6) is 5.75 Å². The number of anilines is 1. The van der Waals surface area contributed by atoms with E-state index in [1.807, 2.05) is 6.07 Å². The monoisotopic (exact) mass is 180 g/mol. The Balaban J connectivity index is 2.37. The van der Waals surface area contributed by atoms with Crippen molar-refractivity contribution < 1.29 is 4.74 Å². The van der Waals surface area contributed by atoms with Crippen molar-refractivity contribution in [2.75, 3.05) is 12.3 Å². The van der Waals surface area contributed by atoms with Crippen molar-refractivity contribution in [2.24, 2.45) is 5.92 Å². The van der Waals surface area contributed by atoms with E-state index < -0.39 is 0 Å². The first-order chi connectivity index (χ1) is 6.18. The molecule has 0 aliphatic heterocycles. The minimum Gasteiger partial charge on any atom is -0.493 e. The van der Waals surface area contributed by atoms with Crippen LogP contribution in [0.4, 0.5) is 5.82 Å². The minimum atomic E-state index is 0.502. The molecule has 1 aromatic heterocycles. The van der Waals surface area contributed by atoms with E-state index in [-0.39, 0.29) is 0 Å². The van der Waals surface area contributed by atoms with Crippen LogP contribution in [-0.2, 0) is 0 Å². The first-order valence-electron chi connectivity index (χ1n) is 4.53. The van der Waals surface area contributed by atoms with E-state index in [2.05, 4.69) is 18.8 Å². The molecule has 13 heavy (non-hydrogen) atoms. The normalized spacial score (nSPS) is 10.4. The van der Waals surface area contributed by atoms with E-state index in [4.69, 9.17) is 10.5 Å². The number of aromatic nitrogens is 1. The second-order valence-electron chi connectivity index (χ2n) is 3.45. The van der Waals surface area contributed by atoms with Crippen molar-refractivity contribution >= 4 is 5.82 Å². The number of ether oxygens (including phenoxy) is 1. The Labute approximate surface area is 78.9 Å². The summed E-state index contributed by atoms with van der Waals surface area (Å²) in [7, 11) is 0. The average Bonchev–Trinajstić information content (AvgIpc) is 2.03. The number of nitrogen functional groups attached to an aromatic ring is 1. The molecule has 0 aliphatic carbocycles. The number of pyridine rings is 1. The molecule has 0 unspecified atom stereocenters. The maximum absolute atomic E-state index is 5.50. The molecule has 0 radical (unpaired) electrons. The quantitative estimate of drug-likeness (QED) is 0.771. The summed E-state index contributed by atoms with van der Waals surface area (Å²) < 4.78 is 5.48. The molecule has 2 N–H and O–H groups in total. The number of hydrogen-bond acceptors (Lipinski definition) is 3. The Morgan fingerprint density at radius 1 is 1.54 bits per heavy atom. The summed E-state index contributed by atoms with van der Waals surface area (Å²) in [4.78, 5) is 3.88. The predicted molar refractivity (Wildman–Crippen MR) is 53.6 cm³/mol. The van der Waals surface area contributed by atoms with Gasteiger partial charge in [-0.3, -0.25) is 0 Å². The van der Waals surface area contributed by atoms with E-state index in [9.17, 15) is 0 Å². The van der Waals surface area contributed by atoms with Crippen LogP contribution >= 0.6 is 0 Å². The summed E-state index contributed by atoms with van der Waals surface area (Å²) >= 11 is 0. The van der Waals surface area contributed by atoms with Gasteiger partial charge in [0.05, 0.1) is 6.61 Å². The Morgan fingerprint density at radius 3 is 2.92 bits per heavy atom. The Morgan fingerprint density at radius 2 is 2.31 bits per heavy atom. The third kappa shape index (κ3) is 3.78. The summed E-state index contributed by atoms with van der Waals surface area (Å²) in [6.45, 7) is 5.08. The fourth-order valence-corrected chi connectivity index (χ4v) is 0.930. The molecule has 72 valence electrons. The van der Waals surface area contributed by atoms with Gasteiger partial charge in [0.15, 0.2) is 0 Å². The Hall–Kier alpha value is -1.25.